The molecule has 5 N–H and O–H groups in total. The molecule has 4 rings (SSSR count). The molecule has 192 valence electrons. The number of aliphatic hydroxyl groups is 2. The van der Waals surface area contributed by atoms with Crippen molar-refractivity contribution in [2.75, 3.05) is 30.3 Å². The van der Waals surface area contributed by atoms with Crippen LogP contribution in [-0.2, 0) is 24.0 Å². The van der Waals surface area contributed by atoms with Crippen LogP contribution in [0.1, 0.15) is 34.5 Å². The third kappa shape index (κ3) is 6.13. The molecule has 3 aromatic rings. The van der Waals surface area contributed by atoms with E-state index in [1.54, 1.807) is 28.6 Å². The predicted molar refractivity (Wildman–Crippen MR) is 131 cm³/mol. The average molecular weight is 520 g/mol. The molecule has 1 aliphatic rings. The predicted octanol–water partition coefficient (Wildman–Crippen LogP) is 2.57. The number of aliphatic hydroxyl groups excluding tert-OH is 2. The molecule has 2 atom stereocenters. The second-order valence-electron chi connectivity index (χ2n) is 8.40. The van der Waals surface area contributed by atoms with Gasteiger partial charge in [-0.3, -0.25) is 9.89 Å². The summed E-state index contributed by atoms with van der Waals surface area (Å²) in [5.74, 6) is -1.70. The summed E-state index contributed by atoms with van der Waals surface area (Å²) in [6.07, 6.45) is 0.731. The number of H-pyrrole nitrogens is 1. The molecule has 2 heterocycles. The lowest BCUT2D eigenvalue weighted by Crippen LogP contribution is -2.32. The maximum atomic E-state index is 13.6. The number of rotatable bonds is 10. The van der Waals surface area contributed by atoms with Crippen LogP contribution in [0.25, 0.3) is 0 Å². The zero-order valence-electron chi connectivity index (χ0n) is 19.3. The van der Waals surface area contributed by atoms with Crippen molar-refractivity contribution in [2.24, 2.45) is 0 Å². The van der Waals surface area contributed by atoms with Crippen LogP contribution in [0.2, 0.25) is 0 Å². The fourth-order valence-corrected chi connectivity index (χ4v) is 5.18. The SMILES string of the molecule is O=C(Nc1n[nH]c2c1CN(S(=O)c1cc(F)cc(F)c1)CC2)c1ccccc1NCCC[C@@H](O)CO. The summed E-state index contributed by atoms with van der Waals surface area (Å²) < 4.78 is 41.8. The highest BCUT2D eigenvalue weighted by Crippen LogP contribution is 2.28. The van der Waals surface area contributed by atoms with Gasteiger partial charge < -0.3 is 20.8 Å². The van der Waals surface area contributed by atoms with Crippen molar-refractivity contribution in [3.05, 3.63) is 70.9 Å². The summed E-state index contributed by atoms with van der Waals surface area (Å²) in [7, 11) is -1.80. The van der Waals surface area contributed by atoms with Crippen LogP contribution in [0.4, 0.5) is 20.3 Å². The minimum atomic E-state index is -1.80. The van der Waals surface area contributed by atoms with Gasteiger partial charge in [-0.05, 0) is 37.1 Å². The van der Waals surface area contributed by atoms with Gasteiger partial charge in [0.2, 0.25) is 0 Å². The quantitative estimate of drug-likeness (QED) is 0.262. The van der Waals surface area contributed by atoms with Crippen LogP contribution < -0.4 is 10.6 Å². The number of fused-ring (bicyclic) bond motifs is 1. The Hall–Kier alpha value is -3.19. The van der Waals surface area contributed by atoms with Crippen molar-refractivity contribution in [3.8, 4) is 0 Å². The van der Waals surface area contributed by atoms with E-state index in [0.29, 0.717) is 55.0 Å². The summed E-state index contributed by atoms with van der Waals surface area (Å²) in [4.78, 5) is 13.1. The number of amides is 1. The Kier molecular flexibility index (Phi) is 8.41. The lowest BCUT2D eigenvalue weighted by molar-refractivity contribution is 0.0874. The van der Waals surface area contributed by atoms with E-state index in [-0.39, 0.29) is 18.0 Å². The van der Waals surface area contributed by atoms with Gasteiger partial charge in [-0.15, -0.1) is 0 Å². The monoisotopic (exact) mass is 519 g/mol. The third-order valence-electron chi connectivity index (χ3n) is 5.81. The van der Waals surface area contributed by atoms with Gasteiger partial charge in [-0.1, -0.05) is 12.1 Å². The summed E-state index contributed by atoms with van der Waals surface area (Å²) in [5.41, 5.74) is 2.44. The van der Waals surface area contributed by atoms with Crippen molar-refractivity contribution >= 4 is 28.4 Å². The van der Waals surface area contributed by atoms with Crippen molar-refractivity contribution in [3.63, 3.8) is 0 Å². The molecule has 1 unspecified atom stereocenters. The fourth-order valence-electron chi connectivity index (χ4n) is 3.96. The number of aromatic nitrogens is 2. The number of aromatic amines is 1. The minimum absolute atomic E-state index is 0.0246. The van der Waals surface area contributed by atoms with E-state index in [1.807, 2.05) is 0 Å². The molecule has 0 saturated carbocycles. The van der Waals surface area contributed by atoms with Gasteiger partial charge in [0.25, 0.3) is 5.91 Å². The van der Waals surface area contributed by atoms with E-state index in [2.05, 4.69) is 20.8 Å². The van der Waals surface area contributed by atoms with Gasteiger partial charge in [0.05, 0.1) is 23.2 Å². The number of para-hydroxylation sites is 1. The Balaban J connectivity index is 1.44. The number of carbonyl (C=O) groups excluding carboxylic acids is 1. The second kappa shape index (κ2) is 11.7. The van der Waals surface area contributed by atoms with E-state index >= 15 is 0 Å². The number of hydrogen-bond donors (Lipinski definition) is 5. The van der Waals surface area contributed by atoms with Crippen molar-refractivity contribution in [1.82, 2.24) is 14.5 Å². The first kappa shape index (κ1) is 25.9. The fraction of sp³-hybridized carbons (Fsp3) is 0.333. The number of anilines is 2. The Morgan fingerprint density at radius 2 is 1.97 bits per heavy atom. The van der Waals surface area contributed by atoms with Gasteiger partial charge >= 0.3 is 0 Å². The van der Waals surface area contributed by atoms with E-state index in [0.717, 1.165) is 23.9 Å². The largest absolute Gasteiger partial charge is 0.394 e. The van der Waals surface area contributed by atoms with Gasteiger partial charge in [-0.2, -0.15) is 5.10 Å². The molecule has 0 bridgehead atoms. The molecule has 1 amide bonds. The molecule has 0 radical (unpaired) electrons. The molecule has 0 aliphatic carbocycles. The molecule has 12 heteroatoms. The normalized spacial score (nSPS) is 15.2. The van der Waals surface area contributed by atoms with Crippen LogP contribution in [0.15, 0.2) is 47.4 Å². The molecule has 1 aliphatic heterocycles. The van der Waals surface area contributed by atoms with Gasteiger partial charge in [0, 0.05) is 49.1 Å². The molecule has 0 saturated heterocycles. The van der Waals surface area contributed by atoms with E-state index in [9.17, 15) is 22.9 Å². The highest BCUT2D eigenvalue weighted by molar-refractivity contribution is 7.82. The molecule has 36 heavy (non-hydrogen) atoms. The summed E-state index contributed by atoms with van der Waals surface area (Å²) in [6, 6.07) is 9.77. The molecule has 0 fully saturated rings. The minimum Gasteiger partial charge on any atom is -0.394 e. The van der Waals surface area contributed by atoms with Crippen LogP contribution in [0.3, 0.4) is 0 Å². The van der Waals surface area contributed by atoms with Gasteiger partial charge in [0.15, 0.2) is 5.82 Å². The van der Waals surface area contributed by atoms with E-state index in [4.69, 9.17) is 5.11 Å². The Morgan fingerprint density at radius 3 is 2.72 bits per heavy atom. The standard InChI is InChI=1S/C24H27F2N5O4S/c25-15-10-16(26)12-18(11-15)36(35)31-9-7-22-20(13-31)23(30-29-22)28-24(34)19-5-1-2-6-21(19)27-8-3-4-17(33)14-32/h1-2,5-6,10-12,17,27,32-33H,3-4,7-9,13-14H2,(H2,28,29,30,34)/t17-,36?/m1/s1. The molecule has 1 aromatic heterocycles. The lowest BCUT2D eigenvalue weighted by atomic mass is 10.1. The van der Waals surface area contributed by atoms with Crippen molar-refractivity contribution in [2.45, 2.75) is 36.8 Å². The molecule has 9 nitrogen and oxygen atoms in total. The lowest BCUT2D eigenvalue weighted by Gasteiger charge is -2.25. The summed E-state index contributed by atoms with van der Waals surface area (Å²) in [6.45, 7) is 0.752. The first-order chi connectivity index (χ1) is 17.4. The first-order valence-electron chi connectivity index (χ1n) is 11.5. The zero-order chi connectivity index (χ0) is 25.7. The number of benzene rings is 2. The van der Waals surface area contributed by atoms with Crippen molar-refractivity contribution in [1.29, 1.82) is 0 Å². The molecule has 2 aromatic carbocycles. The second-order valence-corrected chi connectivity index (χ2v) is 9.89. The van der Waals surface area contributed by atoms with Crippen LogP contribution in [-0.4, -0.2) is 60.6 Å². The Morgan fingerprint density at radius 1 is 1.22 bits per heavy atom. The first-order valence-corrected chi connectivity index (χ1v) is 12.6. The third-order valence-corrected chi connectivity index (χ3v) is 7.23. The number of nitrogens with zero attached hydrogens (tertiary/aromatic N) is 2. The maximum Gasteiger partial charge on any atom is 0.258 e. The smallest absolute Gasteiger partial charge is 0.258 e. The number of hydrogen-bond acceptors (Lipinski definition) is 6. The summed E-state index contributed by atoms with van der Waals surface area (Å²) >= 11 is 0. The highest BCUT2D eigenvalue weighted by Gasteiger charge is 2.27. The Bertz CT molecular complexity index is 1230. The van der Waals surface area contributed by atoms with Crippen LogP contribution in [0, 0.1) is 11.6 Å². The van der Waals surface area contributed by atoms with E-state index in [1.165, 1.54) is 0 Å². The topological polar surface area (TPSA) is 131 Å². The number of carbonyl (C=O) groups is 1. The van der Waals surface area contributed by atoms with Crippen molar-refractivity contribution < 1.29 is 28.0 Å². The Labute approximate surface area is 209 Å². The van der Waals surface area contributed by atoms with Crippen LogP contribution >= 0.6 is 0 Å². The average Bonchev–Trinajstić information content (AvgIpc) is 3.27. The van der Waals surface area contributed by atoms with Gasteiger partial charge in [0.1, 0.15) is 22.6 Å². The van der Waals surface area contributed by atoms with Gasteiger partial charge in [-0.25, -0.2) is 17.3 Å². The number of nitrogens with one attached hydrogen (secondary N) is 3. The van der Waals surface area contributed by atoms with E-state index < -0.39 is 34.6 Å². The number of halogens is 2. The molecule has 0 spiro atoms. The molecular formula is C24H27F2N5O4S. The summed E-state index contributed by atoms with van der Waals surface area (Å²) in [5, 5.41) is 31.5. The zero-order valence-corrected chi connectivity index (χ0v) is 20.2. The van der Waals surface area contributed by atoms with Crippen LogP contribution in [0.5, 0.6) is 0 Å². The maximum absolute atomic E-state index is 13.6. The molecular weight excluding hydrogens is 492 g/mol. The highest BCUT2D eigenvalue weighted by atomic mass is 32.2.